The Morgan fingerprint density at radius 2 is 2.00 bits per heavy atom. The van der Waals surface area contributed by atoms with Crippen molar-refractivity contribution < 1.29 is 13.9 Å². The molecule has 0 saturated heterocycles. The highest BCUT2D eigenvalue weighted by atomic mass is 35.5. The number of carbonyl (C=O) groups is 1. The van der Waals surface area contributed by atoms with Crippen LogP contribution in [0.1, 0.15) is 10.5 Å². The average Bonchev–Trinajstić information content (AvgIpc) is 2.39. The Kier molecular flexibility index (Phi) is 4.02. The largest absolute Gasteiger partial charge is 0.464 e. The van der Waals surface area contributed by atoms with E-state index in [4.69, 9.17) is 23.2 Å². The van der Waals surface area contributed by atoms with Gasteiger partial charge < -0.3 is 4.74 Å². The van der Waals surface area contributed by atoms with Crippen molar-refractivity contribution in [3.63, 3.8) is 0 Å². The SMILES string of the molecule is COC(=O)c1nc(-c2ccc(Cl)cc2Cl)ccc1F. The number of pyridine rings is 1. The third-order valence-corrected chi connectivity index (χ3v) is 2.98. The van der Waals surface area contributed by atoms with Crippen LogP contribution in [0.25, 0.3) is 11.3 Å². The van der Waals surface area contributed by atoms with Gasteiger partial charge in [-0.3, -0.25) is 0 Å². The van der Waals surface area contributed by atoms with Crippen molar-refractivity contribution >= 4 is 29.2 Å². The van der Waals surface area contributed by atoms with Gasteiger partial charge in [0.1, 0.15) is 0 Å². The first-order chi connectivity index (χ1) is 9.02. The molecule has 6 heteroatoms. The van der Waals surface area contributed by atoms with Gasteiger partial charge in [-0.1, -0.05) is 23.2 Å². The Morgan fingerprint density at radius 3 is 2.63 bits per heavy atom. The van der Waals surface area contributed by atoms with Gasteiger partial charge in [-0.05, 0) is 30.3 Å². The van der Waals surface area contributed by atoms with E-state index in [9.17, 15) is 9.18 Å². The summed E-state index contributed by atoms with van der Waals surface area (Å²) in [7, 11) is 1.16. The highest BCUT2D eigenvalue weighted by molar-refractivity contribution is 6.36. The van der Waals surface area contributed by atoms with Crippen LogP contribution in [0.3, 0.4) is 0 Å². The van der Waals surface area contributed by atoms with E-state index in [1.165, 1.54) is 6.07 Å². The molecule has 2 aromatic rings. The fourth-order valence-corrected chi connectivity index (χ4v) is 2.03. The quantitative estimate of drug-likeness (QED) is 0.787. The van der Waals surface area contributed by atoms with Crippen molar-refractivity contribution in [3.05, 3.63) is 51.9 Å². The molecule has 1 aromatic heterocycles. The molecule has 0 aliphatic carbocycles. The van der Waals surface area contributed by atoms with E-state index < -0.39 is 11.8 Å². The Bertz CT molecular complexity index is 647. The second-order valence-corrected chi connectivity index (χ2v) is 4.49. The molecule has 1 heterocycles. The van der Waals surface area contributed by atoms with Crippen molar-refractivity contribution in [2.24, 2.45) is 0 Å². The van der Waals surface area contributed by atoms with Crippen LogP contribution in [0, 0.1) is 5.82 Å². The van der Waals surface area contributed by atoms with Gasteiger partial charge in [-0.15, -0.1) is 0 Å². The fourth-order valence-electron chi connectivity index (χ4n) is 1.53. The third kappa shape index (κ3) is 2.85. The summed E-state index contributed by atoms with van der Waals surface area (Å²) < 4.78 is 17.9. The maximum absolute atomic E-state index is 13.5. The van der Waals surface area contributed by atoms with Crippen LogP contribution in [-0.4, -0.2) is 18.1 Å². The van der Waals surface area contributed by atoms with Crippen LogP contribution >= 0.6 is 23.2 Å². The third-order valence-electron chi connectivity index (χ3n) is 2.43. The van der Waals surface area contributed by atoms with Gasteiger partial charge in [0.05, 0.1) is 17.8 Å². The lowest BCUT2D eigenvalue weighted by Gasteiger charge is -2.06. The lowest BCUT2D eigenvalue weighted by molar-refractivity contribution is 0.0588. The molecule has 0 atom stereocenters. The Labute approximate surface area is 118 Å². The van der Waals surface area contributed by atoms with Crippen molar-refractivity contribution in [1.82, 2.24) is 4.98 Å². The number of rotatable bonds is 2. The molecule has 1 aromatic carbocycles. The normalized spacial score (nSPS) is 10.3. The molecule has 3 nitrogen and oxygen atoms in total. The van der Waals surface area contributed by atoms with E-state index in [0.717, 1.165) is 13.2 Å². The number of methoxy groups -OCH3 is 1. The van der Waals surface area contributed by atoms with Crippen molar-refractivity contribution in [1.29, 1.82) is 0 Å². The standard InChI is InChI=1S/C13H8Cl2FNO2/c1-19-13(18)12-10(16)4-5-11(17-12)8-3-2-7(14)6-9(8)15/h2-6H,1H3. The zero-order chi connectivity index (χ0) is 14.0. The van der Waals surface area contributed by atoms with Crippen LogP contribution in [0.15, 0.2) is 30.3 Å². The van der Waals surface area contributed by atoms with Crippen LogP contribution in [0.2, 0.25) is 10.0 Å². The van der Waals surface area contributed by atoms with Crippen molar-refractivity contribution in [3.8, 4) is 11.3 Å². The summed E-state index contributed by atoms with van der Waals surface area (Å²) in [5.41, 5.74) is 0.533. The van der Waals surface area contributed by atoms with Gasteiger partial charge in [0.2, 0.25) is 0 Å². The first kappa shape index (κ1) is 13.8. The summed E-state index contributed by atoms with van der Waals surface area (Å²) in [6, 6.07) is 7.38. The number of halogens is 3. The topological polar surface area (TPSA) is 39.2 Å². The summed E-state index contributed by atoms with van der Waals surface area (Å²) in [5.74, 6) is -1.59. The van der Waals surface area contributed by atoms with E-state index in [1.807, 2.05) is 0 Å². The molecule has 0 N–H and O–H groups in total. The Hall–Kier alpha value is -1.65. The van der Waals surface area contributed by atoms with Gasteiger partial charge in [0.25, 0.3) is 0 Å². The molecule has 0 aliphatic heterocycles. The van der Waals surface area contributed by atoms with Crippen molar-refractivity contribution in [2.45, 2.75) is 0 Å². The maximum atomic E-state index is 13.5. The van der Waals surface area contributed by atoms with Gasteiger partial charge in [0.15, 0.2) is 11.5 Å². The van der Waals surface area contributed by atoms with E-state index in [-0.39, 0.29) is 5.69 Å². The second-order valence-electron chi connectivity index (χ2n) is 3.64. The van der Waals surface area contributed by atoms with Crippen LogP contribution < -0.4 is 0 Å². The second kappa shape index (κ2) is 5.55. The summed E-state index contributed by atoms with van der Waals surface area (Å²) in [4.78, 5) is 15.3. The summed E-state index contributed by atoms with van der Waals surface area (Å²) in [6.45, 7) is 0. The monoisotopic (exact) mass is 299 g/mol. The lowest BCUT2D eigenvalue weighted by atomic mass is 10.1. The van der Waals surface area contributed by atoms with Crippen molar-refractivity contribution in [2.75, 3.05) is 7.11 Å². The number of aromatic nitrogens is 1. The van der Waals surface area contributed by atoms with E-state index in [1.54, 1.807) is 18.2 Å². The van der Waals surface area contributed by atoms with Gasteiger partial charge in [-0.2, -0.15) is 0 Å². The minimum atomic E-state index is -0.843. The van der Waals surface area contributed by atoms with E-state index in [2.05, 4.69) is 9.72 Å². The van der Waals surface area contributed by atoms with E-state index in [0.29, 0.717) is 21.3 Å². The molecule has 0 fully saturated rings. The zero-order valence-electron chi connectivity index (χ0n) is 9.78. The average molecular weight is 300 g/mol. The summed E-state index contributed by atoms with van der Waals surface area (Å²) in [5, 5.41) is 0.839. The van der Waals surface area contributed by atoms with E-state index >= 15 is 0 Å². The number of hydrogen-bond acceptors (Lipinski definition) is 3. The highest BCUT2D eigenvalue weighted by Gasteiger charge is 2.16. The molecule has 0 saturated carbocycles. The molecule has 0 bridgehead atoms. The minimum absolute atomic E-state index is 0.363. The highest BCUT2D eigenvalue weighted by Crippen LogP contribution is 2.29. The first-order valence-electron chi connectivity index (χ1n) is 5.23. The smallest absolute Gasteiger partial charge is 0.359 e. The predicted molar refractivity (Wildman–Crippen MR) is 71.0 cm³/mol. The van der Waals surface area contributed by atoms with Crippen LogP contribution in [0.4, 0.5) is 4.39 Å². The number of hydrogen-bond donors (Lipinski definition) is 0. The lowest BCUT2D eigenvalue weighted by Crippen LogP contribution is -2.08. The maximum Gasteiger partial charge on any atom is 0.359 e. The minimum Gasteiger partial charge on any atom is -0.464 e. The molecular formula is C13H8Cl2FNO2. The number of carbonyl (C=O) groups excluding carboxylic acids is 1. The number of ether oxygens (including phenoxy) is 1. The number of esters is 1. The molecule has 98 valence electrons. The van der Waals surface area contributed by atoms with Gasteiger partial charge in [0, 0.05) is 10.6 Å². The molecule has 2 rings (SSSR count). The molecule has 0 spiro atoms. The molecule has 0 unspecified atom stereocenters. The summed E-state index contributed by atoms with van der Waals surface area (Å²) >= 11 is 11.8. The van der Waals surface area contributed by atoms with Gasteiger partial charge >= 0.3 is 5.97 Å². The number of benzene rings is 1. The first-order valence-corrected chi connectivity index (χ1v) is 5.99. The molecule has 0 radical (unpaired) electrons. The molecule has 0 amide bonds. The van der Waals surface area contributed by atoms with Gasteiger partial charge in [-0.25, -0.2) is 14.2 Å². The van der Waals surface area contributed by atoms with Crippen LogP contribution in [0.5, 0.6) is 0 Å². The molecule has 19 heavy (non-hydrogen) atoms. The Balaban J connectivity index is 2.54. The van der Waals surface area contributed by atoms with Crippen LogP contribution in [-0.2, 0) is 4.74 Å². The molecule has 0 aliphatic rings. The fraction of sp³-hybridized carbons (Fsp3) is 0.0769. The zero-order valence-corrected chi connectivity index (χ0v) is 11.3. The predicted octanol–water partition coefficient (Wildman–Crippen LogP) is 3.98. The summed E-state index contributed by atoms with van der Waals surface area (Å²) in [6.07, 6.45) is 0. The molecular weight excluding hydrogens is 292 g/mol. The Morgan fingerprint density at radius 1 is 1.26 bits per heavy atom. The number of nitrogens with zero attached hydrogens (tertiary/aromatic N) is 1.